The van der Waals surface area contributed by atoms with Crippen molar-refractivity contribution in [1.82, 2.24) is 20.2 Å². The molecule has 0 saturated carbocycles. The van der Waals surface area contributed by atoms with Gasteiger partial charge in [-0.3, -0.25) is 9.89 Å². The van der Waals surface area contributed by atoms with Gasteiger partial charge in [0.05, 0.1) is 11.7 Å². The van der Waals surface area contributed by atoms with Gasteiger partial charge in [0.2, 0.25) is 5.95 Å². The normalized spacial score (nSPS) is 10.7. The van der Waals surface area contributed by atoms with E-state index in [-0.39, 0.29) is 5.91 Å². The van der Waals surface area contributed by atoms with E-state index in [1.165, 1.54) is 0 Å². The summed E-state index contributed by atoms with van der Waals surface area (Å²) in [5.41, 5.74) is 4.76. The van der Waals surface area contributed by atoms with Crippen LogP contribution in [0.15, 0.2) is 54.7 Å². The zero-order valence-corrected chi connectivity index (χ0v) is 14.9. The molecule has 0 radical (unpaired) electrons. The fraction of sp³-hybridized carbons (Fsp3) is 0.100. The number of hydrogen-bond acceptors (Lipinski definition) is 5. The predicted molar refractivity (Wildman–Crippen MR) is 105 cm³/mol. The van der Waals surface area contributed by atoms with Gasteiger partial charge in [-0.15, -0.1) is 0 Å². The van der Waals surface area contributed by atoms with Gasteiger partial charge in [0, 0.05) is 33.7 Å². The second kappa shape index (κ2) is 6.87. The van der Waals surface area contributed by atoms with E-state index < -0.39 is 0 Å². The monoisotopic (exact) mass is 358 g/mol. The minimum atomic E-state index is -0.178. The highest BCUT2D eigenvalue weighted by Gasteiger charge is 2.08. The molecule has 4 aromatic rings. The average molecular weight is 358 g/mol. The highest BCUT2D eigenvalue weighted by Crippen LogP contribution is 2.19. The van der Waals surface area contributed by atoms with Crippen LogP contribution in [0.3, 0.4) is 0 Å². The van der Waals surface area contributed by atoms with Crippen LogP contribution in [0.2, 0.25) is 0 Å². The van der Waals surface area contributed by atoms with Crippen molar-refractivity contribution in [2.24, 2.45) is 0 Å². The van der Waals surface area contributed by atoms with Gasteiger partial charge in [-0.2, -0.15) is 5.10 Å². The van der Waals surface area contributed by atoms with Crippen LogP contribution in [0, 0.1) is 13.8 Å². The molecule has 27 heavy (non-hydrogen) atoms. The number of fused-ring (bicyclic) bond motifs is 1. The van der Waals surface area contributed by atoms with Crippen molar-refractivity contribution in [3.05, 3.63) is 71.7 Å². The molecular weight excluding hydrogens is 340 g/mol. The maximum atomic E-state index is 12.5. The summed E-state index contributed by atoms with van der Waals surface area (Å²) in [5.74, 6) is 0.362. The third-order valence-corrected chi connectivity index (χ3v) is 4.09. The number of amides is 1. The number of H-pyrrole nitrogens is 1. The summed E-state index contributed by atoms with van der Waals surface area (Å²) in [6, 6.07) is 14.7. The minimum absolute atomic E-state index is 0.178. The van der Waals surface area contributed by atoms with Crippen molar-refractivity contribution in [2.75, 3.05) is 10.6 Å². The molecule has 3 N–H and O–H groups in total. The van der Waals surface area contributed by atoms with Gasteiger partial charge in [0.1, 0.15) is 0 Å². The average Bonchev–Trinajstić information content (AvgIpc) is 3.09. The number of nitrogens with zero attached hydrogens (tertiary/aromatic N) is 3. The van der Waals surface area contributed by atoms with E-state index >= 15 is 0 Å². The Morgan fingerprint density at radius 2 is 1.63 bits per heavy atom. The molecule has 0 aliphatic rings. The van der Waals surface area contributed by atoms with Crippen LogP contribution in [0.1, 0.15) is 21.7 Å². The Balaban J connectivity index is 1.46. The molecule has 0 fully saturated rings. The highest BCUT2D eigenvalue weighted by molar-refractivity contribution is 6.05. The van der Waals surface area contributed by atoms with Gasteiger partial charge in [-0.1, -0.05) is 0 Å². The van der Waals surface area contributed by atoms with E-state index in [1.54, 1.807) is 18.3 Å². The zero-order chi connectivity index (χ0) is 18.8. The Morgan fingerprint density at radius 1 is 0.926 bits per heavy atom. The summed E-state index contributed by atoms with van der Waals surface area (Å²) >= 11 is 0. The number of aromatic amines is 1. The van der Waals surface area contributed by atoms with Crippen molar-refractivity contribution < 1.29 is 4.79 Å². The Morgan fingerprint density at radius 3 is 2.37 bits per heavy atom. The number of aromatic nitrogens is 4. The lowest BCUT2D eigenvalue weighted by molar-refractivity contribution is 0.102. The second-order valence-electron chi connectivity index (χ2n) is 6.30. The fourth-order valence-corrected chi connectivity index (χ4v) is 2.83. The lowest BCUT2D eigenvalue weighted by Crippen LogP contribution is -2.11. The molecule has 2 heterocycles. The van der Waals surface area contributed by atoms with E-state index in [0.29, 0.717) is 17.2 Å². The molecule has 0 spiro atoms. The molecule has 7 heteroatoms. The summed E-state index contributed by atoms with van der Waals surface area (Å²) in [7, 11) is 0. The number of carbonyl (C=O) groups is 1. The van der Waals surface area contributed by atoms with Gasteiger partial charge < -0.3 is 10.6 Å². The Kier molecular flexibility index (Phi) is 4.25. The van der Waals surface area contributed by atoms with E-state index in [9.17, 15) is 4.79 Å². The van der Waals surface area contributed by atoms with Gasteiger partial charge in [0.25, 0.3) is 5.91 Å². The summed E-state index contributed by atoms with van der Waals surface area (Å²) in [6.45, 7) is 3.85. The number of anilines is 3. The Bertz CT molecular complexity index is 1100. The Hall–Kier alpha value is -3.74. The second-order valence-corrected chi connectivity index (χ2v) is 6.30. The van der Waals surface area contributed by atoms with Gasteiger partial charge in [-0.25, -0.2) is 9.97 Å². The maximum absolute atomic E-state index is 12.5. The summed E-state index contributed by atoms with van der Waals surface area (Å²) in [6.07, 6.45) is 1.74. The highest BCUT2D eigenvalue weighted by atomic mass is 16.1. The number of rotatable bonds is 4. The topological polar surface area (TPSA) is 95.6 Å². The number of benzene rings is 2. The van der Waals surface area contributed by atoms with Crippen LogP contribution in [0.5, 0.6) is 0 Å². The number of carbonyl (C=O) groups excluding carboxylic acids is 1. The molecule has 7 nitrogen and oxygen atoms in total. The molecule has 0 aliphatic heterocycles. The third-order valence-electron chi connectivity index (χ3n) is 4.09. The lowest BCUT2D eigenvalue weighted by atomic mass is 10.2. The molecule has 1 amide bonds. The molecule has 2 aromatic heterocycles. The van der Waals surface area contributed by atoms with Crippen molar-refractivity contribution in [2.45, 2.75) is 13.8 Å². The van der Waals surface area contributed by atoms with Crippen LogP contribution in [0.4, 0.5) is 17.3 Å². The first-order valence-corrected chi connectivity index (χ1v) is 8.51. The molecular formula is C20H18N6O. The van der Waals surface area contributed by atoms with Crippen LogP contribution in [-0.4, -0.2) is 26.1 Å². The van der Waals surface area contributed by atoms with Crippen molar-refractivity contribution in [3.8, 4) is 0 Å². The van der Waals surface area contributed by atoms with E-state index in [2.05, 4.69) is 30.8 Å². The molecule has 2 aromatic carbocycles. The zero-order valence-electron chi connectivity index (χ0n) is 14.9. The third kappa shape index (κ3) is 3.77. The largest absolute Gasteiger partial charge is 0.324 e. The van der Waals surface area contributed by atoms with Crippen molar-refractivity contribution in [3.63, 3.8) is 0 Å². The van der Waals surface area contributed by atoms with Crippen LogP contribution in [-0.2, 0) is 0 Å². The van der Waals surface area contributed by atoms with Crippen LogP contribution < -0.4 is 10.6 Å². The van der Waals surface area contributed by atoms with Gasteiger partial charge in [-0.05, 0) is 62.4 Å². The first kappa shape index (κ1) is 16.7. The number of aryl methyl sites for hydroxylation is 2. The van der Waals surface area contributed by atoms with Crippen molar-refractivity contribution in [1.29, 1.82) is 0 Å². The number of hydrogen-bond donors (Lipinski definition) is 3. The van der Waals surface area contributed by atoms with Crippen molar-refractivity contribution >= 4 is 34.1 Å². The fourth-order valence-electron chi connectivity index (χ4n) is 2.83. The van der Waals surface area contributed by atoms with Crippen LogP contribution in [0.25, 0.3) is 10.9 Å². The predicted octanol–water partition coefficient (Wildman–Crippen LogP) is 3.97. The summed E-state index contributed by atoms with van der Waals surface area (Å²) in [5, 5.41) is 13.9. The first-order valence-electron chi connectivity index (χ1n) is 8.51. The van der Waals surface area contributed by atoms with E-state index in [0.717, 1.165) is 28.0 Å². The molecule has 134 valence electrons. The quantitative estimate of drug-likeness (QED) is 0.513. The van der Waals surface area contributed by atoms with E-state index in [4.69, 9.17) is 0 Å². The van der Waals surface area contributed by atoms with Crippen LogP contribution >= 0.6 is 0 Å². The molecule has 4 rings (SSSR count). The molecule has 0 saturated heterocycles. The standard InChI is InChI=1S/C20H18N6O/c1-12-9-13(2)23-20(22-12)25-16-6-3-14(4-7-16)19(27)24-17-8-5-15-11-21-26-18(15)10-17/h3-11H,1-2H3,(H,21,26)(H,24,27)(H,22,23,25). The molecule has 0 unspecified atom stereocenters. The first-order chi connectivity index (χ1) is 13.1. The minimum Gasteiger partial charge on any atom is -0.324 e. The molecule has 0 bridgehead atoms. The lowest BCUT2D eigenvalue weighted by Gasteiger charge is -2.08. The SMILES string of the molecule is Cc1cc(C)nc(Nc2ccc(C(=O)Nc3ccc4cn[nH]c4c3)cc2)n1. The summed E-state index contributed by atoms with van der Waals surface area (Å²) < 4.78 is 0. The molecule has 0 aliphatic carbocycles. The maximum Gasteiger partial charge on any atom is 0.255 e. The smallest absolute Gasteiger partial charge is 0.255 e. The summed E-state index contributed by atoms with van der Waals surface area (Å²) in [4.78, 5) is 21.2. The number of nitrogens with one attached hydrogen (secondary N) is 3. The van der Waals surface area contributed by atoms with Gasteiger partial charge >= 0.3 is 0 Å². The Labute approximate surface area is 155 Å². The van der Waals surface area contributed by atoms with Gasteiger partial charge in [0.15, 0.2) is 0 Å². The van der Waals surface area contributed by atoms with E-state index in [1.807, 2.05) is 50.2 Å². The molecule has 0 atom stereocenters.